The number of oxazole rings is 1. The van der Waals surface area contributed by atoms with Crippen molar-refractivity contribution in [2.45, 2.75) is 18.8 Å². The largest absolute Gasteiger partial charge is 0.497 e. The Morgan fingerprint density at radius 3 is 2.24 bits per heavy atom. The number of carbonyl (C=O) groups excluding carboxylic acids is 1. The zero-order chi connectivity index (χ0) is 24.2. The van der Waals surface area contributed by atoms with E-state index in [4.69, 9.17) is 23.6 Å². The second kappa shape index (κ2) is 10.0. The molecule has 0 aliphatic carbocycles. The first kappa shape index (κ1) is 23.4. The van der Waals surface area contributed by atoms with E-state index >= 15 is 0 Å². The zero-order valence-electron chi connectivity index (χ0n) is 19.8. The molecule has 0 radical (unpaired) electrons. The number of piperidine rings is 1. The van der Waals surface area contributed by atoms with E-state index in [2.05, 4.69) is 0 Å². The minimum atomic E-state index is -0.407. The number of hydroxylamine groups is 2. The highest BCUT2D eigenvalue weighted by atomic mass is 16.5. The average molecular weight is 468 g/mol. The van der Waals surface area contributed by atoms with E-state index in [9.17, 15) is 10.0 Å². The van der Waals surface area contributed by atoms with Crippen LogP contribution in [0.25, 0.3) is 22.6 Å². The van der Waals surface area contributed by atoms with Crippen LogP contribution in [0.5, 0.6) is 17.2 Å². The van der Waals surface area contributed by atoms with Gasteiger partial charge < -0.3 is 23.5 Å². The number of amides is 2. The average Bonchev–Trinajstić information content (AvgIpc) is 3.33. The Hall–Kier alpha value is -3.72. The van der Waals surface area contributed by atoms with Gasteiger partial charge in [-0.1, -0.05) is 0 Å². The van der Waals surface area contributed by atoms with Crippen molar-refractivity contribution in [2.24, 2.45) is 0 Å². The van der Waals surface area contributed by atoms with Gasteiger partial charge in [0.2, 0.25) is 0 Å². The summed E-state index contributed by atoms with van der Waals surface area (Å²) in [6.07, 6.45) is 1.38. The molecule has 9 heteroatoms. The molecule has 34 heavy (non-hydrogen) atoms. The molecule has 3 aromatic rings. The monoisotopic (exact) mass is 467 g/mol. The molecule has 4 rings (SSSR count). The van der Waals surface area contributed by atoms with Gasteiger partial charge in [-0.15, -0.1) is 0 Å². The van der Waals surface area contributed by atoms with Crippen molar-refractivity contribution in [1.29, 1.82) is 0 Å². The van der Waals surface area contributed by atoms with Crippen LogP contribution in [0.2, 0.25) is 0 Å². The Labute approximate surface area is 198 Å². The minimum Gasteiger partial charge on any atom is -0.497 e. The third kappa shape index (κ3) is 4.65. The summed E-state index contributed by atoms with van der Waals surface area (Å²) >= 11 is 0. The van der Waals surface area contributed by atoms with Gasteiger partial charge in [-0.3, -0.25) is 5.21 Å². The molecule has 180 valence electrons. The number of urea groups is 1. The molecule has 1 aromatic heterocycles. The van der Waals surface area contributed by atoms with Gasteiger partial charge in [0.1, 0.15) is 11.4 Å². The first-order valence-corrected chi connectivity index (χ1v) is 11.0. The van der Waals surface area contributed by atoms with Crippen LogP contribution < -0.4 is 14.2 Å². The summed E-state index contributed by atoms with van der Waals surface area (Å²) < 4.78 is 22.5. The maximum absolute atomic E-state index is 12.1. The Kier molecular flexibility index (Phi) is 6.93. The van der Waals surface area contributed by atoms with E-state index in [-0.39, 0.29) is 5.92 Å². The number of hydrogen-bond donors (Lipinski definition) is 1. The molecule has 1 N–H and O–H groups in total. The van der Waals surface area contributed by atoms with Gasteiger partial charge in [0.15, 0.2) is 23.1 Å². The molecule has 2 heterocycles. The van der Waals surface area contributed by atoms with Crippen molar-refractivity contribution in [3.05, 3.63) is 48.4 Å². The third-order valence-corrected chi connectivity index (χ3v) is 6.04. The summed E-state index contributed by atoms with van der Waals surface area (Å²) in [5.74, 6) is 3.29. The molecular formula is C25H29N3O6. The fourth-order valence-electron chi connectivity index (χ4n) is 4.15. The van der Waals surface area contributed by atoms with E-state index in [1.807, 2.05) is 42.5 Å². The van der Waals surface area contributed by atoms with Gasteiger partial charge >= 0.3 is 6.03 Å². The number of carbonyl (C=O) groups is 1. The van der Waals surface area contributed by atoms with Crippen molar-refractivity contribution in [3.8, 4) is 39.8 Å². The number of hydrogen-bond acceptors (Lipinski definition) is 7. The van der Waals surface area contributed by atoms with Crippen LogP contribution in [0.1, 0.15) is 24.7 Å². The normalized spacial score (nSPS) is 14.1. The Bertz CT molecular complexity index is 1130. The first-order chi connectivity index (χ1) is 16.4. The minimum absolute atomic E-state index is 0.0546. The van der Waals surface area contributed by atoms with Crippen molar-refractivity contribution >= 4 is 6.03 Å². The Morgan fingerprint density at radius 2 is 1.65 bits per heavy atom. The lowest BCUT2D eigenvalue weighted by Gasteiger charge is -2.31. The number of aromatic nitrogens is 1. The zero-order valence-corrected chi connectivity index (χ0v) is 19.8. The van der Waals surface area contributed by atoms with E-state index in [0.717, 1.165) is 22.6 Å². The summed E-state index contributed by atoms with van der Waals surface area (Å²) in [5.41, 5.74) is 2.44. The Morgan fingerprint density at radius 1 is 1.00 bits per heavy atom. The number of ether oxygens (including phenoxy) is 3. The van der Waals surface area contributed by atoms with Gasteiger partial charge in [0.25, 0.3) is 0 Å². The van der Waals surface area contributed by atoms with Gasteiger partial charge in [0.05, 0.1) is 21.3 Å². The maximum atomic E-state index is 12.1. The SMILES string of the molecule is COc1ccc(-c2nc(C3CCN(C(=O)N(C)O)CC3)oc2-c2ccc(OC)c(OC)c2)cc1. The van der Waals surface area contributed by atoms with Crippen LogP contribution >= 0.6 is 0 Å². The summed E-state index contributed by atoms with van der Waals surface area (Å²) in [7, 11) is 6.15. The van der Waals surface area contributed by atoms with E-state index < -0.39 is 6.03 Å². The van der Waals surface area contributed by atoms with Crippen LogP contribution in [0.3, 0.4) is 0 Å². The smallest absolute Gasteiger partial charge is 0.343 e. The second-order valence-electron chi connectivity index (χ2n) is 8.10. The number of nitrogens with zero attached hydrogens (tertiary/aromatic N) is 3. The molecule has 2 amide bonds. The quantitative estimate of drug-likeness (QED) is 0.416. The fraction of sp³-hybridized carbons (Fsp3) is 0.360. The highest BCUT2D eigenvalue weighted by molar-refractivity contribution is 5.78. The van der Waals surface area contributed by atoms with E-state index in [1.54, 1.807) is 26.2 Å². The van der Waals surface area contributed by atoms with Crippen molar-refractivity contribution in [1.82, 2.24) is 14.9 Å². The van der Waals surface area contributed by atoms with E-state index in [1.165, 1.54) is 7.05 Å². The summed E-state index contributed by atoms with van der Waals surface area (Å²) in [4.78, 5) is 18.6. The van der Waals surface area contributed by atoms with E-state index in [0.29, 0.717) is 54.1 Å². The summed E-state index contributed by atoms with van der Waals surface area (Å²) in [6.45, 7) is 1.03. The van der Waals surface area contributed by atoms with Gasteiger partial charge in [-0.05, 0) is 55.3 Å². The molecule has 1 fully saturated rings. The number of methoxy groups -OCH3 is 3. The molecule has 0 atom stereocenters. The molecule has 0 unspecified atom stereocenters. The van der Waals surface area contributed by atoms with Crippen molar-refractivity contribution < 1.29 is 28.6 Å². The third-order valence-electron chi connectivity index (χ3n) is 6.04. The van der Waals surface area contributed by atoms with Gasteiger partial charge in [-0.2, -0.15) is 0 Å². The molecule has 0 saturated carbocycles. The lowest BCUT2D eigenvalue weighted by Crippen LogP contribution is -2.43. The number of likely N-dealkylation sites (tertiary alicyclic amines) is 1. The molecule has 2 aromatic carbocycles. The maximum Gasteiger partial charge on any atom is 0.343 e. The van der Waals surface area contributed by atoms with Crippen LogP contribution in [0, 0.1) is 0 Å². The fourth-order valence-corrected chi connectivity index (χ4v) is 4.15. The van der Waals surface area contributed by atoms with Crippen LogP contribution in [-0.2, 0) is 0 Å². The van der Waals surface area contributed by atoms with Crippen LogP contribution in [0.15, 0.2) is 46.9 Å². The molecule has 1 aliphatic heterocycles. The van der Waals surface area contributed by atoms with Crippen molar-refractivity contribution in [2.75, 3.05) is 41.5 Å². The van der Waals surface area contributed by atoms with Crippen molar-refractivity contribution in [3.63, 3.8) is 0 Å². The van der Waals surface area contributed by atoms with Gasteiger partial charge in [-0.25, -0.2) is 14.8 Å². The molecule has 0 spiro atoms. The molecule has 1 aliphatic rings. The Balaban J connectivity index is 1.70. The first-order valence-electron chi connectivity index (χ1n) is 11.0. The highest BCUT2D eigenvalue weighted by Crippen LogP contribution is 2.40. The molecular weight excluding hydrogens is 438 g/mol. The second-order valence-corrected chi connectivity index (χ2v) is 8.10. The predicted octanol–water partition coefficient (Wildman–Crippen LogP) is 4.65. The van der Waals surface area contributed by atoms with Gasteiger partial charge in [0, 0.05) is 37.2 Å². The molecule has 1 saturated heterocycles. The number of benzene rings is 2. The molecule has 9 nitrogen and oxygen atoms in total. The van der Waals surface area contributed by atoms with Crippen LogP contribution in [-0.4, -0.2) is 67.7 Å². The van der Waals surface area contributed by atoms with Crippen LogP contribution in [0.4, 0.5) is 4.79 Å². The summed E-state index contributed by atoms with van der Waals surface area (Å²) in [5, 5.41) is 10.1. The lowest BCUT2D eigenvalue weighted by molar-refractivity contribution is -0.0358. The summed E-state index contributed by atoms with van der Waals surface area (Å²) in [6, 6.07) is 12.9. The lowest BCUT2D eigenvalue weighted by atomic mass is 9.97. The standard InChI is InChI=1S/C25H29N3O6/c1-27(30)25(29)28-13-11-17(12-14-28)24-26-22(16-5-8-19(31-2)9-6-16)23(34-24)18-7-10-20(32-3)21(15-18)33-4/h5-10,15,17,30H,11-14H2,1-4H3. The predicted molar refractivity (Wildman–Crippen MR) is 126 cm³/mol. The topological polar surface area (TPSA) is 97.5 Å². The highest BCUT2D eigenvalue weighted by Gasteiger charge is 2.30. The molecule has 0 bridgehead atoms. The number of rotatable bonds is 6.